The molecule has 2 fully saturated rings. The van der Waals surface area contributed by atoms with E-state index in [4.69, 9.17) is 14.7 Å². The molecule has 0 aromatic carbocycles. The molecule has 0 radical (unpaired) electrons. The fourth-order valence-corrected chi connectivity index (χ4v) is 5.34. The Bertz CT molecular complexity index is 1110. The molecule has 11 heteroatoms. The Balaban J connectivity index is 1.40. The van der Waals surface area contributed by atoms with E-state index in [1.807, 2.05) is 0 Å². The molecule has 5 rings (SSSR count). The highest BCUT2D eigenvalue weighted by Crippen LogP contribution is 2.35. The molecule has 2 saturated heterocycles. The molecule has 1 atom stereocenters. The lowest BCUT2D eigenvalue weighted by molar-refractivity contribution is -0.141. The summed E-state index contributed by atoms with van der Waals surface area (Å²) >= 11 is 1.73. The predicted octanol–water partition coefficient (Wildman–Crippen LogP) is 1.01. The Morgan fingerprint density at radius 1 is 1.12 bits per heavy atom. The molecular formula is C22H27N7O3S. The van der Waals surface area contributed by atoms with E-state index in [0.717, 1.165) is 54.3 Å². The van der Waals surface area contributed by atoms with Crippen molar-refractivity contribution in [2.45, 2.75) is 19.6 Å². The fourth-order valence-electron chi connectivity index (χ4n) is 4.19. The first-order chi connectivity index (χ1) is 16.1. The van der Waals surface area contributed by atoms with E-state index in [1.54, 1.807) is 28.6 Å². The maximum absolute atomic E-state index is 12.0. The summed E-state index contributed by atoms with van der Waals surface area (Å²) in [5.74, 6) is 1.37. The number of piperazine rings is 1. The first-order valence-electron chi connectivity index (χ1n) is 11.2. The molecule has 1 amide bonds. The molecule has 0 saturated carbocycles. The number of thiophene rings is 1. The van der Waals surface area contributed by atoms with Crippen molar-refractivity contribution in [3.05, 3.63) is 29.7 Å². The maximum Gasteiger partial charge on any atom is 0.251 e. The maximum atomic E-state index is 12.0. The van der Waals surface area contributed by atoms with Crippen molar-refractivity contribution in [3.63, 3.8) is 0 Å². The molecule has 3 aromatic rings. The average Bonchev–Trinajstić information content (AvgIpc) is 3.26. The van der Waals surface area contributed by atoms with Gasteiger partial charge in [-0.1, -0.05) is 0 Å². The molecule has 2 aliphatic heterocycles. The summed E-state index contributed by atoms with van der Waals surface area (Å²) in [6, 6.07) is 2.15. The summed E-state index contributed by atoms with van der Waals surface area (Å²) in [6.07, 6.45) is 4.03. The fraction of sp³-hybridized carbons (Fsp3) is 0.500. The predicted molar refractivity (Wildman–Crippen MR) is 125 cm³/mol. The first-order valence-corrected chi connectivity index (χ1v) is 12.0. The van der Waals surface area contributed by atoms with Crippen LogP contribution in [0.3, 0.4) is 0 Å². The zero-order valence-electron chi connectivity index (χ0n) is 18.6. The Labute approximate surface area is 195 Å². The summed E-state index contributed by atoms with van der Waals surface area (Å²) in [5, 5.41) is 9.56. The Morgan fingerprint density at radius 3 is 2.55 bits per heavy atom. The monoisotopic (exact) mass is 469 g/mol. The Kier molecular flexibility index (Phi) is 6.45. The summed E-state index contributed by atoms with van der Waals surface area (Å²) in [7, 11) is 0. The summed E-state index contributed by atoms with van der Waals surface area (Å²) in [5.41, 5.74) is 1.72. The van der Waals surface area contributed by atoms with Crippen LogP contribution in [0.25, 0.3) is 21.6 Å². The third-order valence-corrected chi connectivity index (χ3v) is 7.06. The van der Waals surface area contributed by atoms with Crippen LogP contribution >= 0.6 is 11.3 Å². The summed E-state index contributed by atoms with van der Waals surface area (Å²) in [4.78, 5) is 37.6. The molecule has 1 unspecified atom stereocenters. The minimum atomic E-state index is -0.944. The van der Waals surface area contributed by atoms with Crippen molar-refractivity contribution >= 4 is 33.3 Å². The second-order valence-electron chi connectivity index (χ2n) is 8.30. The van der Waals surface area contributed by atoms with E-state index in [-0.39, 0.29) is 5.91 Å². The first kappa shape index (κ1) is 22.1. The van der Waals surface area contributed by atoms with Gasteiger partial charge in [-0.2, -0.15) is 0 Å². The van der Waals surface area contributed by atoms with Crippen molar-refractivity contribution < 1.29 is 14.6 Å². The molecule has 2 aliphatic rings. The number of morpholine rings is 1. The van der Waals surface area contributed by atoms with Gasteiger partial charge in [0.05, 0.1) is 29.0 Å². The number of hydrogen-bond acceptors (Lipinski definition) is 10. The zero-order chi connectivity index (χ0) is 22.8. The lowest BCUT2D eigenvalue weighted by Gasteiger charge is -2.35. The van der Waals surface area contributed by atoms with Gasteiger partial charge in [0.15, 0.2) is 11.6 Å². The number of nitrogens with zero attached hydrogens (tertiary/aromatic N) is 7. The van der Waals surface area contributed by atoms with Gasteiger partial charge in [0.2, 0.25) is 0 Å². The molecular weight excluding hydrogens is 442 g/mol. The molecule has 0 spiro atoms. The number of rotatable bonds is 5. The third-order valence-electron chi connectivity index (χ3n) is 5.95. The van der Waals surface area contributed by atoms with Crippen LogP contribution in [0, 0.1) is 0 Å². The highest BCUT2D eigenvalue weighted by atomic mass is 32.1. The van der Waals surface area contributed by atoms with Crippen molar-refractivity contribution in [1.82, 2.24) is 29.7 Å². The Hall–Kier alpha value is -2.73. The largest absolute Gasteiger partial charge is 0.384 e. The minimum absolute atomic E-state index is 0.195. The van der Waals surface area contributed by atoms with Crippen molar-refractivity contribution in [2.75, 3.05) is 57.4 Å². The molecule has 33 heavy (non-hydrogen) atoms. The average molecular weight is 470 g/mol. The SMILES string of the molecule is CC(O)C(=O)N1CCN(Cc2cc3nc(-c4cncnc4)nc(N4CCOCC4)c3s2)CC1. The van der Waals surface area contributed by atoms with E-state index in [9.17, 15) is 9.90 Å². The highest BCUT2D eigenvalue weighted by Gasteiger charge is 2.25. The number of carbonyl (C=O) groups is 1. The van der Waals surface area contributed by atoms with Crippen molar-refractivity contribution in [3.8, 4) is 11.4 Å². The van der Waals surface area contributed by atoms with Crippen LogP contribution < -0.4 is 4.90 Å². The van der Waals surface area contributed by atoms with Crippen LogP contribution in [-0.4, -0.2) is 99.3 Å². The number of aromatic nitrogens is 4. The van der Waals surface area contributed by atoms with Gasteiger partial charge in [-0.05, 0) is 13.0 Å². The minimum Gasteiger partial charge on any atom is -0.384 e. The topological polar surface area (TPSA) is 108 Å². The molecule has 3 aromatic heterocycles. The number of anilines is 1. The van der Waals surface area contributed by atoms with Gasteiger partial charge in [-0.3, -0.25) is 9.69 Å². The highest BCUT2D eigenvalue weighted by molar-refractivity contribution is 7.19. The van der Waals surface area contributed by atoms with Gasteiger partial charge in [0.1, 0.15) is 12.4 Å². The van der Waals surface area contributed by atoms with Gasteiger partial charge < -0.3 is 19.6 Å². The van der Waals surface area contributed by atoms with E-state index in [2.05, 4.69) is 25.8 Å². The number of aliphatic hydroxyl groups excluding tert-OH is 1. The van der Waals surface area contributed by atoms with E-state index < -0.39 is 6.10 Å². The van der Waals surface area contributed by atoms with Crippen LogP contribution in [-0.2, 0) is 16.1 Å². The van der Waals surface area contributed by atoms with Crippen LogP contribution in [0.5, 0.6) is 0 Å². The number of aliphatic hydroxyl groups is 1. The van der Waals surface area contributed by atoms with Crippen LogP contribution in [0.4, 0.5) is 5.82 Å². The van der Waals surface area contributed by atoms with Crippen LogP contribution in [0.2, 0.25) is 0 Å². The van der Waals surface area contributed by atoms with Gasteiger partial charge in [-0.15, -0.1) is 11.3 Å². The standard InChI is InChI=1S/C22H27N7O3S/c1-15(30)22(31)29-4-2-27(3-5-29)13-17-10-18-19(33-17)21(28-6-8-32-9-7-28)26-20(25-18)16-11-23-14-24-12-16/h10-12,14-15,30H,2-9,13H2,1H3. The Morgan fingerprint density at radius 2 is 1.85 bits per heavy atom. The molecule has 0 aliphatic carbocycles. The summed E-state index contributed by atoms with van der Waals surface area (Å²) < 4.78 is 6.62. The molecule has 1 N–H and O–H groups in total. The summed E-state index contributed by atoms with van der Waals surface area (Å²) in [6.45, 7) is 8.09. The second kappa shape index (κ2) is 9.64. The molecule has 5 heterocycles. The second-order valence-corrected chi connectivity index (χ2v) is 9.44. The van der Waals surface area contributed by atoms with Gasteiger partial charge in [0, 0.05) is 63.1 Å². The zero-order valence-corrected chi connectivity index (χ0v) is 19.4. The van der Waals surface area contributed by atoms with Gasteiger partial charge in [0.25, 0.3) is 5.91 Å². The lowest BCUT2D eigenvalue weighted by Crippen LogP contribution is -2.50. The lowest BCUT2D eigenvalue weighted by atomic mass is 10.2. The van der Waals surface area contributed by atoms with Crippen LogP contribution in [0.15, 0.2) is 24.8 Å². The van der Waals surface area contributed by atoms with Gasteiger partial charge >= 0.3 is 0 Å². The molecule has 174 valence electrons. The number of amides is 1. The number of carbonyl (C=O) groups excluding carboxylic acids is 1. The van der Waals surface area contributed by atoms with Crippen molar-refractivity contribution in [1.29, 1.82) is 0 Å². The number of ether oxygens (including phenoxy) is 1. The van der Waals surface area contributed by atoms with Crippen molar-refractivity contribution in [2.24, 2.45) is 0 Å². The molecule has 0 bridgehead atoms. The quantitative estimate of drug-likeness (QED) is 0.586. The van der Waals surface area contributed by atoms with Crippen LogP contribution in [0.1, 0.15) is 11.8 Å². The normalized spacial score (nSPS) is 18.6. The van der Waals surface area contributed by atoms with E-state index in [0.29, 0.717) is 32.1 Å². The number of hydrogen-bond donors (Lipinski definition) is 1. The van der Waals surface area contributed by atoms with E-state index >= 15 is 0 Å². The number of fused-ring (bicyclic) bond motifs is 1. The van der Waals surface area contributed by atoms with E-state index in [1.165, 1.54) is 18.1 Å². The molecule has 10 nitrogen and oxygen atoms in total. The van der Waals surface area contributed by atoms with Gasteiger partial charge in [-0.25, -0.2) is 19.9 Å². The smallest absolute Gasteiger partial charge is 0.251 e. The third kappa shape index (κ3) is 4.81.